The zero-order chi connectivity index (χ0) is 17.7. The molecule has 5 rings (SSSR count). The summed E-state index contributed by atoms with van der Waals surface area (Å²) in [4.78, 5) is 1.18. The number of hydrogen-bond donors (Lipinski definition) is 1. The molecule has 0 bridgehead atoms. The van der Waals surface area contributed by atoms with Crippen molar-refractivity contribution in [2.75, 3.05) is 0 Å². The van der Waals surface area contributed by atoms with Gasteiger partial charge in [0.25, 0.3) is 0 Å². The first kappa shape index (κ1) is 15.5. The summed E-state index contributed by atoms with van der Waals surface area (Å²) in [6.07, 6.45) is 0.400. The molecule has 0 fully saturated rings. The number of hydrogen-bond acceptors (Lipinski definition) is 5. The lowest BCUT2D eigenvalue weighted by Crippen LogP contribution is -2.33. The fraction of sp³-hybridized carbons (Fsp3) is 0.190. The number of aryl methyl sites for hydroxylation is 1. The lowest BCUT2D eigenvalue weighted by Gasteiger charge is -2.38. The lowest BCUT2D eigenvalue weighted by molar-refractivity contribution is -0.0203. The minimum Gasteiger partial charge on any atom is -0.507 e. The zero-order valence-electron chi connectivity index (χ0n) is 14.3. The SMILES string of the molecule is Cc1cccc(C2Oc3ccccc3C3CC(c4cccs4)=NN32)c1O. The Balaban J connectivity index is 1.64. The Morgan fingerprint density at radius 1 is 1.08 bits per heavy atom. The first-order valence-corrected chi connectivity index (χ1v) is 9.54. The van der Waals surface area contributed by atoms with Crippen molar-refractivity contribution < 1.29 is 9.84 Å². The number of benzene rings is 2. The van der Waals surface area contributed by atoms with Gasteiger partial charge in [-0.15, -0.1) is 11.3 Å². The fourth-order valence-electron chi connectivity index (χ4n) is 3.71. The van der Waals surface area contributed by atoms with E-state index in [0.717, 1.165) is 34.6 Å². The molecule has 2 atom stereocenters. The molecule has 2 aromatic carbocycles. The molecule has 0 amide bonds. The zero-order valence-corrected chi connectivity index (χ0v) is 15.1. The number of aromatic hydroxyl groups is 1. The maximum atomic E-state index is 10.6. The molecular weight excluding hydrogens is 344 g/mol. The smallest absolute Gasteiger partial charge is 0.217 e. The van der Waals surface area contributed by atoms with Crippen LogP contribution in [0.3, 0.4) is 0 Å². The first-order chi connectivity index (χ1) is 12.7. The molecule has 130 valence electrons. The monoisotopic (exact) mass is 362 g/mol. The third kappa shape index (κ3) is 2.31. The van der Waals surface area contributed by atoms with Crippen molar-refractivity contribution in [1.29, 1.82) is 0 Å². The van der Waals surface area contributed by atoms with Gasteiger partial charge in [0.05, 0.1) is 22.2 Å². The number of ether oxygens (including phenoxy) is 1. The average Bonchev–Trinajstić information content (AvgIpc) is 3.33. The second kappa shape index (κ2) is 5.88. The highest BCUT2D eigenvalue weighted by Crippen LogP contribution is 2.49. The molecule has 0 saturated carbocycles. The van der Waals surface area contributed by atoms with E-state index in [0.29, 0.717) is 0 Å². The van der Waals surface area contributed by atoms with Crippen molar-refractivity contribution in [3.8, 4) is 11.5 Å². The summed E-state index contributed by atoms with van der Waals surface area (Å²) < 4.78 is 6.30. The van der Waals surface area contributed by atoms with Gasteiger partial charge in [-0.3, -0.25) is 0 Å². The lowest BCUT2D eigenvalue weighted by atomic mass is 9.97. The molecule has 0 saturated heterocycles. The Hall–Kier alpha value is -2.79. The summed E-state index contributed by atoms with van der Waals surface area (Å²) >= 11 is 1.70. The van der Waals surface area contributed by atoms with E-state index in [9.17, 15) is 5.11 Å². The quantitative estimate of drug-likeness (QED) is 0.697. The largest absolute Gasteiger partial charge is 0.507 e. The van der Waals surface area contributed by atoms with E-state index in [4.69, 9.17) is 9.84 Å². The molecule has 3 aromatic rings. The van der Waals surface area contributed by atoms with E-state index < -0.39 is 6.23 Å². The third-order valence-electron chi connectivity index (χ3n) is 5.04. The highest BCUT2D eigenvalue weighted by molar-refractivity contribution is 7.12. The van der Waals surface area contributed by atoms with E-state index in [1.807, 2.05) is 54.4 Å². The number of para-hydroxylation sites is 2. The highest BCUT2D eigenvalue weighted by Gasteiger charge is 2.41. The van der Waals surface area contributed by atoms with Crippen LogP contribution in [0.1, 0.15) is 40.3 Å². The molecule has 3 heterocycles. The molecule has 1 N–H and O–H groups in total. The van der Waals surface area contributed by atoms with Gasteiger partial charge >= 0.3 is 0 Å². The van der Waals surface area contributed by atoms with Crippen LogP contribution >= 0.6 is 11.3 Å². The molecule has 1 aromatic heterocycles. The van der Waals surface area contributed by atoms with Crippen molar-refractivity contribution in [3.63, 3.8) is 0 Å². The second-order valence-electron chi connectivity index (χ2n) is 6.64. The summed E-state index contributed by atoms with van der Waals surface area (Å²) in [5.41, 5.74) is 3.80. The minimum absolute atomic E-state index is 0.113. The van der Waals surface area contributed by atoms with Crippen molar-refractivity contribution in [2.45, 2.75) is 25.6 Å². The fourth-order valence-corrected chi connectivity index (χ4v) is 4.43. The van der Waals surface area contributed by atoms with Crippen LogP contribution in [0.25, 0.3) is 0 Å². The van der Waals surface area contributed by atoms with Gasteiger partial charge in [-0.2, -0.15) is 5.10 Å². The molecule has 26 heavy (non-hydrogen) atoms. The van der Waals surface area contributed by atoms with Gasteiger partial charge in [-0.1, -0.05) is 36.4 Å². The number of fused-ring (bicyclic) bond motifs is 3. The number of phenolic OH excluding ortho intramolecular Hbond substituents is 1. The van der Waals surface area contributed by atoms with Gasteiger partial charge in [0.1, 0.15) is 11.5 Å². The number of thiophene rings is 1. The van der Waals surface area contributed by atoms with Gasteiger partial charge in [0.15, 0.2) is 0 Å². The van der Waals surface area contributed by atoms with E-state index in [-0.39, 0.29) is 11.8 Å². The van der Waals surface area contributed by atoms with Crippen molar-refractivity contribution in [2.24, 2.45) is 5.10 Å². The van der Waals surface area contributed by atoms with Crippen LogP contribution < -0.4 is 4.74 Å². The molecule has 0 aliphatic carbocycles. The predicted molar refractivity (Wildman–Crippen MR) is 103 cm³/mol. The van der Waals surface area contributed by atoms with Crippen molar-refractivity contribution in [3.05, 3.63) is 81.5 Å². The van der Waals surface area contributed by atoms with Gasteiger partial charge in [0.2, 0.25) is 6.23 Å². The average molecular weight is 362 g/mol. The Morgan fingerprint density at radius 3 is 2.77 bits per heavy atom. The summed E-state index contributed by atoms with van der Waals surface area (Å²) in [5.74, 6) is 1.14. The number of rotatable bonds is 2. The van der Waals surface area contributed by atoms with E-state index in [1.54, 1.807) is 11.3 Å². The molecular formula is C21H18N2O2S. The third-order valence-corrected chi connectivity index (χ3v) is 5.96. The van der Waals surface area contributed by atoms with Gasteiger partial charge in [-0.25, -0.2) is 5.01 Å². The van der Waals surface area contributed by atoms with Crippen LogP contribution in [0.4, 0.5) is 0 Å². The summed E-state index contributed by atoms with van der Waals surface area (Å²) in [6, 6.07) is 18.1. The normalized spacial score (nSPS) is 21.0. The van der Waals surface area contributed by atoms with Gasteiger partial charge in [0, 0.05) is 12.0 Å². The molecule has 0 spiro atoms. The van der Waals surface area contributed by atoms with Gasteiger partial charge in [-0.05, 0) is 36.1 Å². The summed E-state index contributed by atoms with van der Waals surface area (Å²) in [6.45, 7) is 1.90. The van der Waals surface area contributed by atoms with Crippen LogP contribution in [0.15, 0.2) is 65.1 Å². The molecule has 2 aliphatic heterocycles. The van der Waals surface area contributed by atoms with Crippen LogP contribution in [0, 0.1) is 6.92 Å². The molecule has 0 radical (unpaired) electrons. The van der Waals surface area contributed by atoms with E-state index in [2.05, 4.69) is 17.5 Å². The Bertz CT molecular complexity index is 997. The predicted octanol–water partition coefficient (Wildman–Crippen LogP) is 5.00. The Kier molecular flexibility index (Phi) is 3.50. The number of hydrazone groups is 1. The van der Waals surface area contributed by atoms with Crippen molar-refractivity contribution in [1.82, 2.24) is 5.01 Å². The molecule has 2 unspecified atom stereocenters. The number of nitrogens with zero attached hydrogens (tertiary/aromatic N) is 2. The second-order valence-corrected chi connectivity index (χ2v) is 7.59. The Labute approximate surface area is 156 Å². The van der Waals surface area contributed by atoms with Crippen LogP contribution in [-0.2, 0) is 0 Å². The number of phenols is 1. The van der Waals surface area contributed by atoms with Crippen LogP contribution in [0.2, 0.25) is 0 Å². The van der Waals surface area contributed by atoms with Gasteiger partial charge < -0.3 is 9.84 Å². The van der Waals surface area contributed by atoms with Crippen LogP contribution in [-0.4, -0.2) is 15.8 Å². The summed E-state index contributed by atoms with van der Waals surface area (Å²) in [7, 11) is 0. The molecule has 4 nitrogen and oxygen atoms in total. The maximum Gasteiger partial charge on any atom is 0.217 e. The highest BCUT2D eigenvalue weighted by atomic mass is 32.1. The first-order valence-electron chi connectivity index (χ1n) is 8.66. The summed E-state index contributed by atoms with van der Waals surface area (Å²) in [5, 5.41) is 19.6. The standard InChI is InChI=1S/C21H18N2O2S/c1-13-6-4-8-15(20(13)24)21-23-17(14-7-2-3-9-18(14)25-21)12-16(22-23)19-10-5-11-26-19/h2-11,17,21,24H,12H2,1H3. The van der Waals surface area contributed by atoms with Crippen LogP contribution in [0.5, 0.6) is 11.5 Å². The minimum atomic E-state index is -0.438. The van der Waals surface area contributed by atoms with Crippen molar-refractivity contribution >= 4 is 17.0 Å². The Morgan fingerprint density at radius 2 is 1.92 bits per heavy atom. The van der Waals surface area contributed by atoms with E-state index in [1.165, 1.54) is 4.88 Å². The van der Waals surface area contributed by atoms with E-state index >= 15 is 0 Å². The maximum absolute atomic E-state index is 10.6. The molecule has 5 heteroatoms. The topological polar surface area (TPSA) is 45.1 Å². The molecule has 2 aliphatic rings.